The van der Waals surface area contributed by atoms with Crippen LogP contribution in [0.4, 0.5) is 0 Å². The van der Waals surface area contributed by atoms with Gasteiger partial charge in [-0.3, -0.25) is 0 Å². The number of rotatable bonds is 8. The van der Waals surface area contributed by atoms with Gasteiger partial charge in [-0.05, 0) is 41.2 Å². The molecule has 26 heavy (non-hydrogen) atoms. The second-order valence-corrected chi connectivity index (χ2v) is 7.29. The monoisotopic (exact) mass is 355 g/mol. The van der Waals surface area contributed by atoms with Gasteiger partial charge in [0.15, 0.2) is 6.61 Å². The molecule has 0 atom stereocenters. The van der Waals surface area contributed by atoms with Crippen molar-refractivity contribution >= 4 is 5.97 Å². The predicted molar refractivity (Wildman–Crippen MR) is 104 cm³/mol. The zero-order chi connectivity index (χ0) is 19.0. The lowest BCUT2D eigenvalue weighted by atomic mass is 9.87. The van der Waals surface area contributed by atoms with Crippen LogP contribution in [-0.4, -0.2) is 19.2 Å². The summed E-state index contributed by atoms with van der Waals surface area (Å²) in [5.74, 6) is 0.321. The van der Waals surface area contributed by atoms with E-state index in [4.69, 9.17) is 9.47 Å². The lowest BCUT2D eigenvalue weighted by Gasteiger charge is -2.19. The van der Waals surface area contributed by atoms with E-state index in [1.807, 2.05) is 24.3 Å². The molecule has 0 radical (unpaired) electrons. The Balaban J connectivity index is 1.82. The molecule has 0 aromatic heterocycles. The first-order valence-corrected chi connectivity index (χ1v) is 9.06. The van der Waals surface area contributed by atoms with Crippen LogP contribution in [0, 0.1) is 0 Å². The quantitative estimate of drug-likeness (QED) is 0.721. The Morgan fingerprint density at radius 3 is 2.35 bits per heavy atom. The van der Waals surface area contributed by atoms with Crippen LogP contribution < -0.4 is 10.1 Å². The van der Waals surface area contributed by atoms with Crippen molar-refractivity contribution < 1.29 is 14.3 Å². The first-order chi connectivity index (χ1) is 12.4. The second kappa shape index (κ2) is 9.39. The van der Waals surface area contributed by atoms with Gasteiger partial charge >= 0.3 is 5.97 Å². The highest BCUT2D eigenvalue weighted by Crippen LogP contribution is 2.22. The Hall–Kier alpha value is -2.33. The maximum absolute atomic E-state index is 11.4. The zero-order valence-electron chi connectivity index (χ0n) is 16.2. The van der Waals surface area contributed by atoms with Crippen molar-refractivity contribution in [2.75, 3.05) is 13.2 Å². The van der Waals surface area contributed by atoms with Crippen LogP contribution in [0.5, 0.6) is 5.75 Å². The number of hydrogen-bond acceptors (Lipinski definition) is 4. The summed E-state index contributed by atoms with van der Waals surface area (Å²) in [7, 11) is 0. The lowest BCUT2D eigenvalue weighted by Crippen LogP contribution is -2.15. The molecule has 2 aromatic carbocycles. The Labute approximate surface area is 156 Å². The maximum atomic E-state index is 11.4. The summed E-state index contributed by atoms with van der Waals surface area (Å²) in [5, 5.41) is 3.44. The number of nitrogens with one attached hydrogen (secondary N) is 1. The fourth-order valence-electron chi connectivity index (χ4n) is 2.56. The molecule has 0 heterocycles. The van der Waals surface area contributed by atoms with E-state index in [9.17, 15) is 4.79 Å². The standard InChI is InChI=1S/C22H29NO3/c1-5-25-21(24)16-26-20-8-6-7-18(13-20)15-23-14-17-9-11-19(12-10-17)22(2,3)4/h6-13,23H,5,14-16H2,1-4H3. The summed E-state index contributed by atoms with van der Waals surface area (Å²) >= 11 is 0. The van der Waals surface area contributed by atoms with Gasteiger partial charge in [0.05, 0.1) is 6.61 Å². The maximum Gasteiger partial charge on any atom is 0.344 e. The van der Waals surface area contributed by atoms with E-state index in [2.05, 4.69) is 50.4 Å². The van der Waals surface area contributed by atoms with Crippen LogP contribution in [0.15, 0.2) is 48.5 Å². The minimum atomic E-state index is -0.352. The van der Waals surface area contributed by atoms with Gasteiger partial charge in [-0.2, -0.15) is 0 Å². The molecule has 4 nitrogen and oxygen atoms in total. The number of ether oxygens (including phenoxy) is 2. The highest BCUT2D eigenvalue weighted by atomic mass is 16.6. The average molecular weight is 355 g/mol. The largest absolute Gasteiger partial charge is 0.482 e. The van der Waals surface area contributed by atoms with E-state index in [0.717, 1.165) is 18.7 Å². The summed E-state index contributed by atoms with van der Waals surface area (Å²) in [6.07, 6.45) is 0. The van der Waals surface area contributed by atoms with Crippen molar-refractivity contribution in [3.05, 3.63) is 65.2 Å². The minimum Gasteiger partial charge on any atom is -0.482 e. The van der Waals surface area contributed by atoms with Gasteiger partial charge in [0.25, 0.3) is 0 Å². The van der Waals surface area contributed by atoms with Gasteiger partial charge < -0.3 is 14.8 Å². The van der Waals surface area contributed by atoms with Crippen molar-refractivity contribution in [1.82, 2.24) is 5.32 Å². The number of benzene rings is 2. The Kier molecular flexibility index (Phi) is 7.22. The molecular formula is C22H29NO3. The molecule has 0 aliphatic rings. The molecule has 0 aliphatic heterocycles. The van der Waals surface area contributed by atoms with Crippen molar-refractivity contribution in [2.24, 2.45) is 0 Å². The molecule has 0 aliphatic carbocycles. The molecule has 0 unspecified atom stereocenters. The number of esters is 1. The van der Waals surface area contributed by atoms with E-state index >= 15 is 0 Å². The van der Waals surface area contributed by atoms with Crippen LogP contribution in [-0.2, 0) is 28.0 Å². The Morgan fingerprint density at radius 2 is 1.69 bits per heavy atom. The van der Waals surface area contributed by atoms with E-state index in [1.54, 1.807) is 6.92 Å². The van der Waals surface area contributed by atoms with Crippen LogP contribution in [0.2, 0.25) is 0 Å². The van der Waals surface area contributed by atoms with Crippen LogP contribution >= 0.6 is 0 Å². The molecule has 0 saturated heterocycles. The third-order valence-electron chi connectivity index (χ3n) is 4.04. The molecule has 0 saturated carbocycles. The topological polar surface area (TPSA) is 47.6 Å². The minimum absolute atomic E-state index is 0.0646. The highest BCUT2D eigenvalue weighted by Gasteiger charge is 2.12. The average Bonchev–Trinajstić information content (AvgIpc) is 2.60. The number of hydrogen-bond donors (Lipinski definition) is 1. The highest BCUT2D eigenvalue weighted by molar-refractivity contribution is 5.71. The molecule has 0 bridgehead atoms. The zero-order valence-corrected chi connectivity index (χ0v) is 16.2. The van der Waals surface area contributed by atoms with E-state index in [1.165, 1.54) is 11.1 Å². The molecule has 0 spiro atoms. The van der Waals surface area contributed by atoms with Gasteiger partial charge in [-0.15, -0.1) is 0 Å². The van der Waals surface area contributed by atoms with Gasteiger partial charge in [-0.25, -0.2) is 4.79 Å². The Morgan fingerprint density at radius 1 is 1.00 bits per heavy atom. The fraction of sp³-hybridized carbons (Fsp3) is 0.409. The molecule has 0 fully saturated rings. The third kappa shape index (κ3) is 6.52. The van der Waals surface area contributed by atoms with Crippen molar-refractivity contribution in [2.45, 2.75) is 46.2 Å². The lowest BCUT2D eigenvalue weighted by molar-refractivity contribution is -0.145. The predicted octanol–water partition coefficient (Wildman–Crippen LogP) is 4.22. The van der Waals surface area contributed by atoms with Crippen molar-refractivity contribution in [1.29, 1.82) is 0 Å². The molecular weight excluding hydrogens is 326 g/mol. The summed E-state index contributed by atoms with van der Waals surface area (Å²) < 4.78 is 10.3. The Bertz CT molecular complexity index is 702. The molecule has 0 amide bonds. The van der Waals surface area contributed by atoms with Gasteiger partial charge in [0.2, 0.25) is 0 Å². The fourth-order valence-corrected chi connectivity index (χ4v) is 2.56. The first kappa shape index (κ1) is 20.0. The summed E-state index contributed by atoms with van der Waals surface area (Å²) in [4.78, 5) is 11.4. The third-order valence-corrected chi connectivity index (χ3v) is 4.04. The molecule has 4 heteroatoms. The molecule has 2 rings (SSSR count). The SMILES string of the molecule is CCOC(=O)COc1cccc(CNCc2ccc(C(C)(C)C)cc2)c1. The molecule has 2 aromatic rings. The van der Waals surface area contributed by atoms with E-state index < -0.39 is 0 Å². The number of carbonyl (C=O) groups excluding carboxylic acids is 1. The second-order valence-electron chi connectivity index (χ2n) is 7.29. The van der Waals surface area contributed by atoms with Gasteiger partial charge in [-0.1, -0.05) is 57.2 Å². The number of carbonyl (C=O) groups is 1. The van der Waals surface area contributed by atoms with Crippen LogP contribution in [0.1, 0.15) is 44.4 Å². The summed E-state index contributed by atoms with van der Waals surface area (Å²) in [6.45, 7) is 10.3. The molecule has 1 N–H and O–H groups in total. The summed E-state index contributed by atoms with van der Waals surface area (Å²) in [5.41, 5.74) is 3.88. The smallest absolute Gasteiger partial charge is 0.344 e. The van der Waals surface area contributed by atoms with Crippen LogP contribution in [0.25, 0.3) is 0 Å². The van der Waals surface area contributed by atoms with E-state index in [-0.39, 0.29) is 18.0 Å². The summed E-state index contributed by atoms with van der Waals surface area (Å²) in [6, 6.07) is 16.5. The van der Waals surface area contributed by atoms with E-state index in [0.29, 0.717) is 12.4 Å². The molecule has 140 valence electrons. The normalized spacial score (nSPS) is 11.2. The van der Waals surface area contributed by atoms with Crippen LogP contribution in [0.3, 0.4) is 0 Å². The first-order valence-electron chi connectivity index (χ1n) is 9.06. The van der Waals surface area contributed by atoms with Gasteiger partial charge in [0, 0.05) is 13.1 Å². The van der Waals surface area contributed by atoms with Gasteiger partial charge in [0.1, 0.15) is 5.75 Å². The van der Waals surface area contributed by atoms with Crippen molar-refractivity contribution in [3.63, 3.8) is 0 Å². The van der Waals surface area contributed by atoms with Crippen molar-refractivity contribution in [3.8, 4) is 5.75 Å².